The van der Waals surface area contributed by atoms with Crippen molar-refractivity contribution in [3.8, 4) is 11.5 Å². The lowest BCUT2D eigenvalue weighted by Gasteiger charge is -2.38. The molecule has 0 N–H and O–H groups in total. The molecule has 0 amide bonds. The molecule has 5 heteroatoms. The van der Waals surface area contributed by atoms with Gasteiger partial charge < -0.3 is 9.47 Å². The van der Waals surface area contributed by atoms with Gasteiger partial charge in [-0.05, 0) is 35.0 Å². The molecule has 0 bridgehead atoms. The van der Waals surface area contributed by atoms with Gasteiger partial charge in [-0.2, -0.15) is 16.4 Å². The van der Waals surface area contributed by atoms with E-state index >= 15 is 0 Å². The van der Waals surface area contributed by atoms with E-state index in [1.165, 1.54) is 11.1 Å². The number of ether oxygens (including phenoxy) is 2. The Balaban J connectivity index is 1.63. The number of fused-ring (bicyclic) bond motifs is 3. The van der Waals surface area contributed by atoms with E-state index in [9.17, 15) is 0 Å². The van der Waals surface area contributed by atoms with Crippen LogP contribution in [0.4, 0.5) is 0 Å². The van der Waals surface area contributed by atoms with Crippen LogP contribution in [0.25, 0.3) is 0 Å². The van der Waals surface area contributed by atoms with Crippen LogP contribution in [-0.4, -0.2) is 17.8 Å². The Morgan fingerprint density at radius 3 is 2.69 bits per heavy atom. The normalized spacial score (nSPS) is 20.8. The Morgan fingerprint density at radius 1 is 1.08 bits per heavy atom. The predicted octanol–water partition coefficient (Wildman–Crippen LogP) is 5.00. The van der Waals surface area contributed by atoms with Crippen LogP contribution in [0.3, 0.4) is 0 Å². The fourth-order valence-corrected chi connectivity index (χ4v) is 4.38. The zero-order valence-electron chi connectivity index (χ0n) is 14.3. The summed E-state index contributed by atoms with van der Waals surface area (Å²) in [7, 11) is 1.69. The maximum atomic E-state index is 6.38. The number of hydrazone groups is 1. The standard InChI is InChI=1S/C21H18N2O2S/c1-24-19-8-4-3-7-16(19)21-23-18(15-6-2-5-9-20(15)25-21)12-17(22-23)14-10-11-26-13-14/h2-11,13,18,21H,12H2,1H3/t18-,21-/m1/s1. The summed E-state index contributed by atoms with van der Waals surface area (Å²) in [6.07, 6.45) is 0.574. The van der Waals surface area contributed by atoms with Gasteiger partial charge in [0.2, 0.25) is 6.23 Å². The third-order valence-corrected chi connectivity index (χ3v) is 5.64. The van der Waals surface area contributed by atoms with Crippen LogP contribution in [0, 0.1) is 0 Å². The van der Waals surface area contributed by atoms with Crippen LogP contribution in [0.15, 0.2) is 70.5 Å². The van der Waals surface area contributed by atoms with Crippen LogP contribution in [0.5, 0.6) is 11.5 Å². The Labute approximate surface area is 156 Å². The van der Waals surface area contributed by atoms with Gasteiger partial charge in [-0.1, -0.05) is 30.3 Å². The van der Waals surface area contributed by atoms with E-state index in [4.69, 9.17) is 14.6 Å². The van der Waals surface area contributed by atoms with Crippen molar-refractivity contribution in [3.63, 3.8) is 0 Å². The molecular weight excluding hydrogens is 344 g/mol. The van der Waals surface area contributed by atoms with Crippen molar-refractivity contribution in [1.29, 1.82) is 0 Å². The molecule has 3 aromatic rings. The van der Waals surface area contributed by atoms with E-state index in [0.29, 0.717) is 0 Å². The van der Waals surface area contributed by atoms with Gasteiger partial charge in [0.1, 0.15) is 11.5 Å². The second-order valence-electron chi connectivity index (χ2n) is 6.41. The summed E-state index contributed by atoms with van der Waals surface area (Å²) in [5, 5.41) is 11.3. The van der Waals surface area contributed by atoms with Gasteiger partial charge >= 0.3 is 0 Å². The Kier molecular flexibility index (Phi) is 3.68. The lowest BCUT2D eigenvalue weighted by Crippen LogP contribution is -2.33. The van der Waals surface area contributed by atoms with E-state index in [-0.39, 0.29) is 12.3 Å². The highest BCUT2D eigenvalue weighted by Crippen LogP contribution is 2.48. The molecule has 3 heterocycles. The molecule has 2 aromatic carbocycles. The Bertz CT molecular complexity index is 968. The van der Waals surface area contributed by atoms with Gasteiger partial charge in [0, 0.05) is 17.5 Å². The van der Waals surface area contributed by atoms with Gasteiger partial charge in [-0.3, -0.25) is 0 Å². The molecule has 0 radical (unpaired) electrons. The Hall–Kier alpha value is -2.79. The van der Waals surface area contributed by atoms with Gasteiger partial charge in [-0.15, -0.1) is 0 Å². The van der Waals surface area contributed by atoms with Crippen LogP contribution in [-0.2, 0) is 0 Å². The maximum absolute atomic E-state index is 6.38. The van der Waals surface area contributed by atoms with E-state index in [2.05, 4.69) is 34.0 Å². The molecule has 0 saturated carbocycles. The van der Waals surface area contributed by atoms with Crippen molar-refractivity contribution in [3.05, 3.63) is 82.0 Å². The Morgan fingerprint density at radius 2 is 1.88 bits per heavy atom. The average molecular weight is 362 g/mol. The minimum Gasteiger partial charge on any atom is -0.496 e. The average Bonchev–Trinajstić information content (AvgIpc) is 3.37. The van der Waals surface area contributed by atoms with Gasteiger partial charge in [0.05, 0.1) is 24.4 Å². The summed E-state index contributed by atoms with van der Waals surface area (Å²) in [4.78, 5) is 0. The van der Waals surface area contributed by atoms with Crippen LogP contribution >= 0.6 is 11.3 Å². The maximum Gasteiger partial charge on any atom is 0.217 e. The summed E-state index contributed by atoms with van der Waals surface area (Å²) >= 11 is 1.70. The number of hydrogen-bond donors (Lipinski definition) is 0. The number of methoxy groups -OCH3 is 1. The molecule has 0 spiro atoms. The van der Waals surface area contributed by atoms with Gasteiger partial charge in [-0.25, -0.2) is 5.01 Å². The number of para-hydroxylation sites is 2. The SMILES string of the molecule is COc1ccccc1[C@H]1Oc2ccccc2[C@H]2CC(c3ccsc3)=NN21. The van der Waals surface area contributed by atoms with Crippen molar-refractivity contribution in [1.82, 2.24) is 5.01 Å². The van der Waals surface area contributed by atoms with Crippen LogP contribution < -0.4 is 9.47 Å². The minimum atomic E-state index is -0.304. The molecule has 1 aromatic heterocycles. The molecule has 2 aliphatic rings. The first-order chi connectivity index (χ1) is 12.8. The number of rotatable bonds is 3. The topological polar surface area (TPSA) is 34.1 Å². The highest BCUT2D eigenvalue weighted by atomic mass is 32.1. The lowest BCUT2D eigenvalue weighted by molar-refractivity contribution is -0.0203. The summed E-state index contributed by atoms with van der Waals surface area (Å²) in [6.45, 7) is 0. The first kappa shape index (κ1) is 15.5. The van der Waals surface area contributed by atoms with Crippen molar-refractivity contribution in [2.45, 2.75) is 18.7 Å². The first-order valence-electron chi connectivity index (χ1n) is 8.62. The molecule has 2 atom stereocenters. The van der Waals surface area contributed by atoms with E-state index in [0.717, 1.165) is 29.2 Å². The molecule has 0 aliphatic carbocycles. The van der Waals surface area contributed by atoms with Crippen molar-refractivity contribution in [2.75, 3.05) is 7.11 Å². The fourth-order valence-electron chi connectivity index (χ4n) is 3.71. The quantitative estimate of drug-likeness (QED) is 0.658. The van der Waals surface area contributed by atoms with Crippen molar-refractivity contribution >= 4 is 17.0 Å². The summed E-state index contributed by atoms with van der Waals surface area (Å²) in [5.74, 6) is 1.74. The van der Waals surface area contributed by atoms with Crippen LogP contribution in [0.1, 0.15) is 35.4 Å². The fraction of sp³-hybridized carbons (Fsp3) is 0.190. The van der Waals surface area contributed by atoms with Crippen molar-refractivity contribution in [2.24, 2.45) is 5.10 Å². The molecule has 130 valence electrons. The van der Waals surface area contributed by atoms with Crippen LogP contribution in [0.2, 0.25) is 0 Å². The predicted molar refractivity (Wildman–Crippen MR) is 103 cm³/mol. The second-order valence-corrected chi connectivity index (χ2v) is 7.19. The number of hydrogen-bond acceptors (Lipinski definition) is 5. The largest absolute Gasteiger partial charge is 0.496 e. The summed E-state index contributed by atoms with van der Waals surface area (Å²) < 4.78 is 12.0. The minimum absolute atomic E-state index is 0.171. The molecule has 2 aliphatic heterocycles. The van der Waals surface area contributed by atoms with Gasteiger partial charge in [0.15, 0.2) is 0 Å². The summed E-state index contributed by atoms with van der Waals surface area (Å²) in [5.41, 5.74) is 4.48. The zero-order chi connectivity index (χ0) is 17.5. The highest BCUT2D eigenvalue weighted by Gasteiger charge is 2.41. The highest BCUT2D eigenvalue weighted by molar-refractivity contribution is 7.08. The van der Waals surface area contributed by atoms with E-state index in [1.54, 1.807) is 18.4 Å². The van der Waals surface area contributed by atoms with E-state index in [1.807, 2.05) is 36.4 Å². The first-order valence-corrected chi connectivity index (χ1v) is 9.56. The zero-order valence-corrected chi connectivity index (χ0v) is 15.1. The molecule has 0 unspecified atom stereocenters. The third kappa shape index (κ3) is 2.39. The third-order valence-electron chi connectivity index (χ3n) is 4.96. The smallest absolute Gasteiger partial charge is 0.217 e. The number of thiophene rings is 1. The second kappa shape index (κ2) is 6.18. The monoisotopic (exact) mass is 362 g/mol. The molecule has 0 saturated heterocycles. The van der Waals surface area contributed by atoms with Crippen molar-refractivity contribution < 1.29 is 9.47 Å². The summed E-state index contributed by atoms with van der Waals surface area (Å²) in [6, 6.07) is 18.6. The number of nitrogens with zero attached hydrogens (tertiary/aromatic N) is 2. The molecule has 4 nitrogen and oxygen atoms in total. The molecule has 26 heavy (non-hydrogen) atoms. The lowest BCUT2D eigenvalue weighted by atomic mass is 9.96. The van der Waals surface area contributed by atoms with Gasteiger partial charge in [0.25, 0.3) is 0 Å². The molecule has 5 rings (SSSR count). The van der Waals surface area contributed by atoms with E-state index < -0.39 is 0 Å². The molecule has 0 fully saturated rings. The molecular formula is C21H18N2O2S. The number of benzene rings is 2.